The van der Waals surface area contributed by atoms with Crippen molar-refractivity contribution in [2.24, 2.45) is 5.92 Å². The molecule has 0 radical (unpaired) electrons. The van der Waals surface area contributed by atoms with Gasteiger partial charge in [-0.3, -0.25) is 4.79 Å². The van der Waals surface area contributed by atoms with Crippen molar-refractivity contribution in [1.29, 1.82) is 0 Å². The number of rotatable bonds is 3. The molecule has 1 aliphatic heterocycles. The van der Waals surface area contributed by atoms with Gasteiger partial charge in [0.2, 0.25) is 5.91 Å². The van der Waals surface area contributed by atoms with Crippen molar-refractivity contribution < 1.29 is 4.79 Å². The number of carbonyl (C=O) groups is 1. The van der Waals surface area contributed by atoms with Gasteiger partial charge in [0.25, 0.3) is 0 Å². The number of amides is 1. The van der Waals surface area contributed by atoms with Crippen molar-refractivity contribution in [3.63, 3.8) is 0 Å². The number of aromatic nitrogens is 2. The van der Waals surface area contributed by atoms with Crippen LogP contribution in [0, 0.1) is 12.8 Å². The van der Waals surface area contributed by atoms with E-state index in [1.54, 1.807) is 6.20 Å². The lowest BCUT2D eigenvalue weighted by Crippen LogP contribution is -2.50. The predicted octanol–water partition coefficient (Wildman–Crippen LogP) is 1.67. The Bertz CT molecular complexity index is 487. The smallest absolute Gasteiger partial charge is 0.223 e. The summed E-state index contributed by atoms with van der Waals surface area (Å²) in [4.78, 5) is 22.9. The van der Waals surface area contributed by atoms with Crippen LogP contribution in [0.2, 0.25) is 0 Å². The van der Waals surface area contributed by atoms with Gasteiger partial charge in [-0.15, -0.1) is 0 Å². The summed E-state index contributed by atoms with van der Waals surface area (Å²) >= 11 is 0. The minimum Gasteiger partial charge on any atom is -0.354 e. The average molecular weight is 274 g/mol. The molecule has 2 fully saturated rings. The van der Waals surface area contributed by atoms with Gasteiger partial charge in [-0.05, 0) is 38.7 Å². The molecule has 1 atom stereocenters. The third-order valence-electron chi connectivity index (χ3n) is 4.33. The van der Waals surface area contributed by atoms with Gasteiger partial charge >= 0.3 is 0 Å². The average Bonchev–Trinajstić information content (AvgIpc) is 2.37. The largest absolute Gasteiger partial charge is 0.354 e. The zero-order valence-corrected chi connectivity index (χ0v) is 12.0. The summed E-state index contributed by atoms with van der Waals surface area (Å²) < 4.78 is 0. The van der Waals surface area contributed by atoms with Gasteiger partial charge < -0.3 is 10.2 Å². The third-order valence-corrected chi connectivity index (χ3v) is 4.33. The second-order valence-electron chi connectivity index (χ2n) is 5.88. The fraction of sp³-hybridized carbons (Fsp3) is 0.667. The van der Waals surface area contributed by atoms with Gasteiger partial charge in [0.1, 0.15) is 11.6 Å². The van der Waals surface area contributed by atoms with E-state index in [1.807, 2.05) is 13.0 Å². The number of hydrogen-bond acceptors (Lipinski definition) is 4. The highest BCUT2D eigenvalue weighted by Gasteiger charge is 2.29. The summed E-state index contributed by atoms with van der Waals surface area (Å²) in [6, 6.07) is 2.20. The highest BCUT2D eigenvalue weighted by molar-refractivity contribution is 5.79. The van der Waals surface area contributed by atoms with Crippen LogP contribution in [0.5, 0.6) is 0 Å². The molecule has 1 aromatic rings. The molecule has 3 rings (SSSR count). The Kier molecular flexibility index (Phi) is 3.85. The van der Waals surface area contributed by atoms with Gasteiger partial charge in [-0.25, -0.2) is 9.97 Å². The lowest BCUT2D eigenvalue weighted by atomic mass is 9.84. The fourth-order valence-electron chi connectivity index (χ4n) is 2.91. The minimum absolute atomic E-state index is 0.252. The molecule has 1 saturated carbocycles. The Balaban J connectivity index is 1.60. The first-order valence-electron chi connectivity index (χ1n) is 7.57. The molecule has 5 nitrogen and oxygen atoms in total. The maximum absolute atomic E-state index is 12.0. The van der Waals surface area contributed by atoms with Crippen LogP contribution in [0.15, 0.2) is 12.3 Å². The lowest BCUT2D eigenvalue weighted by molar-refractivity contribution is -0.128. The van der Waals surface area contributed by atoms with Crippen LogP contribution in [0.3, 0.4) is 0 Å². The molecule has 1 aliphatic carbocycles. The number of hydrogen-bond donors (Lipinski definition) is 1. The molecule has 5 heteroatoms. The predicted molar refractivity (Wildman–Crippen MR) is 77.5 cm³/mol. The van der Waals surface area contributed by atoms with Crippen molar-refractivity contribution in [2.45, 2.75) is 45.1 Å². The van der Waals surface area contributed by atoms with Crippen LogP contribution >= 0.6 is 0 Å². The summed E-state index contributed by atoms with van der Waals surface area (Å²) in [7, 11) is 0. The number of anilines is 1. The first-order chi connectivity index (χ1) is 9.72. The van der Waals surface area contributed by atoms with E-state index >= 15 is 0 Å². The summed E-state index contributed by atoms with van der Waals surface area (Å²) in [5.41, 5.74) is 0. The molecule has 20 heavy (non-hydrogen) atoms. The number of nitrogens with one attached hydrogen (secondary N) is 1. The molecular weight excluding hydrogens is 252 g/mol. The van der Waals surface area contributed by atoms with Crippen LogP contribution in [0.1, 0.15) is 37.9 Å². The summed E-state index contributed by atoms with van der Waals surface area (Å²) in [6.07, 6.45) is 7.29. The van der Waals surface area contributed by atoms with Crippen LogP contribution in [-0.4, -0.2) is 35.0 Å². The third kappa shape index (κ3) is 2.92. The number of piperidine rings is 1. The van der Waals surface area contributed by atoms with Crippen molar-refractivity contribution in [3.8, 4) is 0 Å². The molecule has 1 aromatic heterocycles. The molecule has 108 valence electrons. The van der Waals surface area contributed by atoms with Gasteiger partial charge in [-0.2, -0.15) is 0 Å². The molecular formula is C15H22N4O. The van der Waals surface area contributed by atoms with Gasteiger partial charge in [0, 0.05) is 31.2 Å². The van der Waals surface area contributed by atoms with Crippen LogP contribution < -0.4 is 10.2 Å². The second-order valence-corrected chi connectivity index (χ2v) is 5.88. The molecule has 2 heterocycles. The first-order valence-corrected chi connectivity index (χ1v) is 7.57. The van der Waals surface area contributed by atoms with E-state index in [2.05, 4.69) is 20.2 Å². The molecule has 0 aromatic carbocycles. The Labute approximate surface area is 119 Å². The molecule has 1 unspecified atom stereocenters. The van der Waals surface area contributed by atoms with E-state index in [0.717, 1.165) is 50.4 Å². The summed E-state index contributed by atoms with van der Waals surface area (Å²) in [5.74, 6) is 2.29. The zero-order valence-electron chi connectivity index (χ0n) is 12.0. The van der Waals surface area contributed by atoms with Crippen molar-refractivity contribution in [3.05, 3.63) is 18.1 Å². The Hall–Kier alpha value is -1.65. The van der Waals surface area contributed by atoms with Crippen LogP contribution in [0.4, 0.5) is 5.82 Å². The molecule has 2 aliphatic rings. The molecule has 1 saturated heterocycles. The Morgan fingerprint density at radius 1 is 1.35 bits per heavy atom. The highest BCUT2D eigenvalue weighted by atomic mass is 16.2. The normalized spacial score (nSPS) is 23.2. The molecule has 0 bridgehead atoms. The van der Waals surface area contributed by atoms with E-state index in [4.69, 9.17) is 0 Å². The zero-order chi connectivity index (χ0) is 13.9. The molecule has 0 spiro atoms. The first kappa shape index (κ1) is 13.3. The SMILES string of the molecule is Cc1nccc(N2CCCC(NC(=O)C3CCC3)C2)n1. The minimum atomic E-state index is 0.252. The van der Waals surface area contributed by atoms with E-state index in [0.29, 0.717) is 0 Å². The van der Waals surface area contributed by atoms with Crippen LogP contribution in [0.25, 0.3) is 0 Å². The van der Waals surface area contributed by atoms with Crippen molar-refractivity contribution >= 4 is 11.7 Å². The number of nitrogens with zero attached hydrogens (tertiary/aromatic N) is 3. The van der Waals surface area contributed by atoms with Crippen LogP contribution in [-0.2, 0) is 4.79 Å². The van der Waals surface area contributed by atoms with Gasteiger partial charge in [0.05, 0.1) is 0 Å². The topological polar surface area (TPSA) is 58.1 Å². The second kappa shape index (κ2) is 5.77. The lowest BCUT2D eigenvalue weighted by Gasteiger charge is -2.35. The maximum Gasteiger partial charge on any atom is 0.223 e. The molecule has 1 N–H and O–H groups in total. The van der Waals surface area contributed by atoms with Crippen molar-refractivity contribution in [1.82, 2.24) is 15.3 Å². The molecule has 1 amide bonds. The van der Waals surface area contributed by atoms with Crippen molar-refractivity contribution in [2.75, 3.05) is 18.0 Å². The quantitative estimate of drug-likeness (QED) is 0.911. The van der Waals surface area contributed by atoms with E-state index < -0.39 is 0 Å². The Morgan fingerprint density at radius 3 is 2.90 bits per heavy atom. The fourth-order valence-corrected chi connectivity index (χ4v) is 2.91. The van der Waals surface area contributed by atoms with E-state index in [1.165, 1.54) is 6.42 Å². The summed E-state index contributed by atoms with van der Waals surface area (Å²) in [5, 5.41) is 3.21. The number of carbonyl (C=O) groups excluding carboxylic acids is 1. The monoisotopic (exact) mass is 274 g/mol. The van der Waals surface area contributed by atoms with Gasteiger partial charge in [0.15, 0.2) is 0 Å². The Morgan fingerprint density at radius 2 is 2.20 bits per heavy atom. The summed E-state index contributed by atoms with van der Waals surface area (Å²) in [6.45, 7) is 3.77. The highest BCUT2D eigenvalue weighted by Crippen LogP contribution is 2.27. The standard InChI is InChI=1S/C15H22N4O/c1-11-16-8-7-14(17-11)19-9-3-6-13(10-19)18-15(20)12-4-2-5-12/h7-8,12-13H,2-6,9-10H2,1H3,(H,18,20). The number of aryl methyl sites for hydroxylation is 1. The van der Waals surface area contributed by atoms with Gasteiger partial charge in [-0.1, -0.05) is 6.42 Å². The van der Waals surface area contributed by atoms with E-state index in [-0.39, 0.29) is 17.9 Å². The van der Waals surface area contributed by atoms with E-state index in [9.17, 15) is 4.79 Å². The maximum atomic E-state index is 12.0.